The van der Waals surface area contributed by atoms with Crippen LogP contribution in [0.2, 0.25) is 0 Å². The molecular formula is C58H40N4O. The molecule has 0 bridgehead atoms. The number of rotatable bonds is 7. The molecule has 0 amide bonds. The van der Waals surface area contributed by atoms with Crippen molar-refractivity contribution >= 4 is 49.8 Å². The monoisotopic (exact) mass is 808 g/mol. The van der Waals surface area contributed by atoms with Gasteiger partial charge in [-0.25, -0.2) is 15.0 Å². The molecule has 0 N–H and O–H groups in total. The summed E-state index contributed by atoms with van der Waals surface area (Å²) in [5.74, 6) is 1.82. The number of hydrogen-bond donors (Lipinski definition) is 0. The van der Waals surface area contributed by atoms with Crippen LogP contribution in [0, 0.1) is 0 Å². The number of fused-ring (bicyclic) bond motifs is 7. The highest BCUT2D eigenvalue weighted by molar-refractivity contribution is 6.12. The molecule has 5 heteroatoms. The van der Waals surface area contributed by atoms with Crippen molar-refractivity contribution < 1.29 is 4.42 Å². The summed E-state index contributed by atoms with van der Waals surface area (Å²) in [6, 6.07) is 72.6. The molecule has 0 radical (unpaired) electrons. The molecule has 5 nitrogen and oxygen atoms in total. The molecule has 0 spiro atoms. The third kappa shape index (κ3) is 6.20. The maximum Gasteiger partial charge on any atom is 0.164 e. The third-order valence-electron chi connectivity index (χ3n) is 12.7. The van der Waals surface area contributed by atoms with Crippen molar-refractivity contribution in [2.75, 3.05) is 4.90 Å². The molecule has 0 aliphatic heterocycles. The molecule has 11 aromatic rings. The normalized spacial score (nSPS) is 12.7. The zero-order valence-electron chi connectivity index (χ0n) is 34.8. The number of anilines is 3. The number of furan rings is 1. The molecule has 1 aliphatic rings. The van der Waals surface area contributed by atoms with Crippen LogP contribution in [-0.2, 0) is 5.41 Å². The molecular weight excluding hydrogens is 769 g/mol. The number of benzene rings is 9. The van der Waals surface area contributed by atoms with E-state index in [4.69, 9.17) is 19.4 Å². The van der Waals surface area contributed by atoms with Gasteiger partial charge in [0.05, 0.1) is 0 Å². The van der Waals surface area contributed by atoms with E-state index in [0.717, 1.165) is 61.1 Å². The Bertz CT molecular complexity index is 3540. The van der Waals surface area contributed by atoms with E-state index in [-0.39, 0.29) is 5.41 Å². The predicted molar refractivity (Wildman–Crippen MR) is 259 cm³/mol. The second kappa shape index (κ2) is 14.5. The highest BCUT2D eigenvalue weighted by atomic mass is 16.3. The average molecular weight is 809 g/mol. The van der Waals surface area contributed by atoms with Gasteiger partial charge >= 0.3 is 0 Å². The van der Waals surface area contributed by atoms with Gasteiger partial charge in [-0.1, -0.05) is 166 Å². The maximum atomic E-state index is 6.78. The molecule has 0 fully saturated rings. The first-order valence-corrected chi connectivity index (χ1v) is 21.4. The summed E-state index contributed by atoms with van der Waals surface area (Å²) in [4.78, 5) is 17.7. The fourth-order valence-corrected chi connectivity index (χ4v) is 9.52. The Hall–Kier alpha value is -8.15. The van der Waals surface area contributed by atoms with Gasteiger partial charge in [-0.05, 0) is 92.7 Å². The van der Waals surface area contributed by atoms with E-state index in [1.807, 2.05) is 42.5 Å². The summed E-state index contributed by atoms with van der Waals surface area (Å²) in [5.41, 5.74) is 14.9. The van der Waals surface area contributed by atoms with E-state index >= 15 is 0 Å². The molecule has 0 saturated carbocycles. The minimum Gasteiger partial charge on any atom is -0.456 e. The lowest BCUT2D eigenvalue weighted by Crippen LogP contribution is -2.16. The van der Waals surface area contributed by atoms with Gasteiger partial charge in [-0.3, -0.25) is 0 Å². The summed E-state index contributed by atoms with van der Waals surface area (Å²) < 4.78 is 6.78. The van der Waals surface area contributed by atoms with Crippen LogP contribution < -0.4 is 4.90 Å². The van der Waals surface area contributed by atoms with Crippen LogP contribution in [0.4, 0.5) is 17.1 Å². The summed E-state index contributed by atoms with van der Waals surface area (Å²) >= 11 is 0. The summed E-state index contributed by atoms with van der Waals surface area (Å²) in [6.45, 7) is 4.66. The Balaban J connectivity index is 1.01. The Morgan fingerprint density at radius 3 is 1.78 bits per heavy atom. The lowest BCUT2D eigenvalue weighted by Gasteiger charge is -2.28. The van der Waals surface area contributed by atoms with Crippen molar-refractivity contribution in [3.63, 3.8) is 0 Å². The van der Waals surface area contributed by atoms with Gasteiger partial charge < -0.3 is 9.32 Å². The quantitative estimate of drug-likeness (QED) is 0.160. The fourth-order valence-electron chi connectivity index (χ4n) is 9.52. The number of hydrogen-bond acceptors (Lipinski definition) is 5. The summed E-state index contributed by atoms with van der Waals surface area (Å²) in [5, 5.41) is 4.25. The zero-order valence-corrected chi connectivity index (χ0v) is 34.8. The SMILES string of the molecule is CC1(C)c2ccccc2-c2ccc(N(c3ccc(-c4ccccc4)cc3)c3ccc4c(c3)oc3cccc(-c5nc(-c6ccccc6)nc(-c6ccc7ccccc7c6)n5)c34)cc21. The van der Waals surface area contributed by atoms with Crippen molar-refractivity contribution in [3.05, 3.63) is 217 Å². The van der Waals surface area contributed by atoms with Gasteiger partial charge in [0.2, 0.25) is 0 Å². The van der Waals surface area contributed by atoms with E-state index < -0.39 is 0 Å². The smallest absolute Gasteiger partial charge is 0.164 e. The van der Waals surface area contributed by atoms with E-state index in [0.29, 0.717) is 17.5 Å². The molecule has 0 atom stereocenters. The van der Waals surface area contributed by atoms with E-state index in [9.17, 15) is 0 Å². The van der Waals surface area contributed by atoms with Crippen LogP contribution in [0.15, 0.2) is 211 Å². The van der Waals surface area contributed by atoms with Crippen molar-refractivity contribution in [1.29, 1.82) is 0 Å². The van der Waals surface area contributed by atoms with Crippen LogP contribution in [0.3, 0.4) is 0 Å². The first-order valence-electron chi connectivity index (χ1n) is 21.4. The highest BCUT2D eigenvalue weighted by Crippen LogP contribution is 2.51. The lowest BCUT2D eigenvalue weighted by molar-refractivity contribution is 0.660. The zero-order chi connectivity index (χ0) is 42.1. The second-order valence-corrected chi connectivity index (χ2v) is 16.8. The number of nitrogens with zero attached hydrogens (tertiary/aromatic N) is 4. The van der Waals surface area contributed by atoms with Crippen molar-refractivity contribution in [1.82, 2.24) is 15.0 Å². The second-order valence-electron chi connectivity index (χ2n) is 16.8. The van der Waals surface area contributed by atoms with Gasteiger partial charge in [0.25, 0.3) is 0 Å². The Labute approximate surface area is 365 Å². The Kier molecular flexibility index (Phi) is 8.44. The molecule has 2 aromatic heterocycles. The predicted octanol–water partition coefficient (Wildman–Crippen LogP) is 15.4. The molecule has 0 saturated heterocycles. The molecule has 2 heterocycles. The summed E-state index contributed by atoms with van der Waals surface area (Å²) in [6.07, 6.45) is 0. The van der Waals surface area contributed by atoms with Gasteiger partial charge in [0, 0.05) is 56.0 Å². The van der Waals surface area contributed by atoms with Crippen LogP contribution in [-0.4, -0.2) is 15.0 Å². The molecule has 9 aromatic carbocycles. The van der Waals surface area contributed by atoms with Gasteiger partial charge in [0.1, 0.15) is 11.2 Å². The first-order chi connectivity index (χ1) is 31.0. The van der Waals surface area contributed by atoms with Crippen LogP contribution >= 0.6 is 0 Å². The molecule has 12 rings (SSSR count). The molecule has 0 unspecified atom stereocenters. The molecule has 298 valence electrons. The maximum absolute atomic E-state index is 6.78. The Morgan fingerprint density at radius 1 is 0.381 bits per heavy atom. The van der Waals surface area contributed by atoms with Gasteiger partial charge in [0.15, 0.2) is 17.5 Å². The van der Waals surface area contributed by atoms with Gasteiger partial charge in [-0.2, -0.15) is 0 Å². The minimum atomic E-state index is -0.145. The van der Waals surface area contributed by atoms with E-state index in [2.05, 4.69) is 183 Å². The highest BCUT2D eigenvalue weighted by Gasteiger charge is 2.36. The molecule has 1 aliphatic carbocycles. The largest absolute Gasteiger partial charge is 0.456 e. The first kappa shape index (κ1) is 36.7. The van der Waals surface area contributed by atoms with Crippen LogP contribution in [0.1, 0.15) is 25.0 Å². The minimum absolute atomic E-state index is 0.145. The van der Waals surface area contributed by atoms with Gasteiger partial charge in [-0.15, -0.1) is 0 Å². The average Bonchev–Trinajstić information content (AvgIpc) is 3.83. The van der Waals surface area contributed by atoms with E-state index in [1.54, 1.807) is 0 Å². The van der Waals surface area contributed by atoms with Crippen molar-refractivity contribution in [2.24, 2.45) is 0 Å². The van der Waals surface area contributed by atoms with E-state index in [1.165, 1.54) is 38.8 Å². The third-order valence-corrected chi connectivity index (χ3v) is 12.7. The standard InChI is InChI=1S/C58H40N4O/c1-58(2)50-22-12-11-20-46(50)47-32-30-44(35-51(47)58)62(43-28-26-39(27-29-43)37-14-5-3-6-15-37)45-31-33-48-53(36-45)63-52-23-13-21-49(54(48)52)57-60-55(40-17-7-4-8-18-40)59-56(61-57)42-25-24-38-16-9-10-19-41(38)34-42/h3-36H,1-2H3. The topological polar surface area (TPSA) is 55.1 Å². The summed E-state index contributed by atoms with van der Waals surface area (Å²) in [7, 11) is 0. The van der Waals surface area contributed by atoms with Crippen molar-refractivity contribution in [2.45, 2.75) is 19.3 Å². The van der Waals surface area contributed by atoms with Crippen LogP contribution in [0.5, 0.6) is 0 Å². The van der Waals surface area contributed by atoms with Crippen LogP contribution in [0.25, 0.3) is 89.1 Å². The number of aromatic nitrogens is 3. The lowest BCUT2D eigenvalue weighted by atomic mass is 9.82. The fraction of sp³-hybridized carbons (Fsp3) is 0.0517. The van der Waals surface area contributed by atoms with Crippen molar-refractivity contribution in [3.8, 4) is 56.4 Å². The molecule has 63 heavy (non-hydrogen) atoms. The Morgan fingerprint density at radius 2 is 0.968 bits per heavy atom.